The smallest absolute Gasteiger partial charge is 0.223 e. The molecule has 0 aliphatic carbocycles. The van der Waals surface area contributed by atoms with E-state index in [1.54, 1.807) is 17.9 Å². The second-order valence-electron chi connectivity index (χ2n) is 5.94. The SMILES string of the molecule is CC(=O)N1CCc2cc(N=C(N)CC(=O)c3ccc(F)cc3)ccc21. The first kappa shape index (κ1) is 16.8. The standard InChI is InChI=1S/C19H18FN3O2/c1-12(24)23-9-8-14-10-16(6-7-17(14)23)22-19(21)11-18(25)13-2-4-15(20)5-3-13/h2-7,10H,8-9,11H2,1H3,(H2,21,22). The van der Waals surface area contributed by atoms with Gasteiger partial charge in [0.1, 0.15) is 11.7 Å². The number of halogens is 1. The molecule has 1 amide bonds. The van der Waals surface area contributed by atoms with Gasteiger partial charge in [0.25, 0.3) is 0 Å². The highest BCUT2D eigenvalue weighted by molar-refractivity contribution is 6.09. The number of amidine groups is 1. The number of nitrogens with two attached hydrogens (primary N) is 1. The molecule has 0 unspecified atom stereocenters. The summed E-state index contributed by atoms with van der Waals surface area (Å²) in [6.07, 6.45) is 0.731. The predicted octanol–water partition coefficient (Wildman–Crippen LogP) is 3.00. The number of aliphatic imine (C=N–C) groups is 1. The van der Waals surface area contributed by atoms with Crippen LogP contribution in [0, 0.1) is 5.82 Å². The summed E-state index contributed by atoms with van der Waals surface area (Å²) < 4.78 is 12.9. The summed E-state index contributed by atoms with van der Waals surface area (Å²) in [6.45, 7) is 2.20. The number of ketones is 1. The largest absolute Gasteiger partial charge is 0.387 e. The summed E-state index contributed by atoms with van der Waals surface area (Å²) >= 11 is 0. The van der Waals surface area contributed by atoms with Crippen molar-refractivity contribution in [2.24, 2.45) is 10.7 Å². The first-order valence-electron chi connectivity index (χ1n) is 7.97. The lowest BCUT2D eigenvalue weighted by Gasteiger charge is -2.14. The van der Waals surface area contributed by atoms with Crippen LogP contribution in [0.2, 0.25) is 0 Å². The van der Waals surface area contributed by atoms with Crippen LogP contribution in [0.4, 0.5) is 15.8 Å². The molecule has 0 saturated heterocycles. The lowest BCUT2D eigenvalue weighted by molar-refractivity contribution is -0.116. The molecule has 2 aromatic carbocycles. The lowest BCUT2D eigenvalue weighted by atomic mass is 10.1. The lowest BCUT2D eigenvalue weighted by Crippen LogP contribution is -2.25. The molecule has 0 bridgehead atoms. The molecule has 0 atom stereocenters. The van der Waals surface area contributed by atoms with Gasteiger partial charge in [0.2, 0.25) is 5.91 Å². The van der Waals surface area contributed by atoms with Crippen molar-refractivity contribution in [2.75, 3.05) is 11.4 Å². The molecule has 3 rings (SSSR count). The fourth-order valence-electron chi connectivity index (χ4n) is 2.89. The van der Waals surface area contributed by atoms with Gasteiger partial charge in [-0.25, -0.2) is 9.38 Å². The van der Waals surface area contributed by atoms with Crippen molar-refractivity contribution < 1.29 is 14.0 Å². The van der Waals surface area contributed by atoms with E-state index in [9.17, 15) is 14.0 Å². The summed E-state index contributed by atoms with van der Waals surface area (Å²) in [5, 5.41) is 0. The number of nitrogens with zero attached hydrogens (tertiary/aromatic N) is 2. The molecule has 1 heterocycles. The van der Waals surface area contributed by atoms with E-state index in [-0.39, 0.29) is 23.9 Å². The van der Waals surface area contributed by atoms with Gasteiger partial charge in [-0.2, -0.15) is 0 Å². The van der Waals surface area contributed by atoms with E-state index >= 15 is 0 Å². The van der Waals surface area contributed by atoms with E-state index in [1.807, 2.05) is 12.1 Å². The molecule has 0 aromatic heterocycles. The normalized spacial score (nSPS) is 13.7. The van der Waals surface area contributed by atoms with Crippen LogP contribution in [-0.2, 0) is 11.2 Å². The predicted molar refractivity (Wildman–Crippen MR) is 94.8 cm³/mol. The van der Waals surface area contributed by atoms with E-state index in [2.05, 4.69) is 4.99 Å². The van der Waals surface area contributed by atoms with Gasteiger partial charge in [-0.05, 0) is 54.4 Å². The summed E-state index contributed by atoms with van der Waals surface area (Å²) in [6, 6.07) is 10.8. The zero-order valence-corrected chi connectivity index (χ0v) is 13.8. The van der Waals surface area contributed by atoms with Gasteiger partial charge in [-0.1, -0.05) is 0 Å². The van der Waals surface area contributed by atoms with Crippen molar-refractivity contribution in [1.29, 1.82) is 0 Å². The molecular weight excluding hydrogens is 321 g/mol. The second kappa shape index (κ2) is 6.84. The van der Waals surface area contributed by atoms with Crippen molar-refractivity contribution in [1.82, 2.24) is 0 Å². The monoisotopic (exact) mass is 339 g/mol. The Kier molecular flexibility index (Phi) is 4.61. The third-order valence-corrected chi connectivity index (χ3v) is 4.12. The third kappa shape index (κ3) is 3.74. The van der Waals surface area contributed by atoms with Gasteiger partial charge in [-0.3, -0.25) is 9.59 Å². The Balaban J connectivity index is 1.73. The van der Waals surface area contributed by atoms with Crippen LogP contribution in [0.5, 0.6) is 0 Å². The number of anilines is 1. The molecule has 1 aliphatic heterocycles. The van der Waals surface area contributed by atoms with Gasteiger partial charge in [0.05, 0.1) is 12.1 Å². The average molecular weight is 339 g/mol. The van der Waals surface area contributed by atoms with Crippen LogP contribution in [0.25, 0.3) is 0 Å². The topological polar surface area (TPSA) is 75.8 Å². The molecule has 2 aromatic rings. The van der Waals surface area contributed by atoms with Gasteiger partial charge < -0.3 is 10.6 Å². The van der Waals surface area contributed by atoms with E-state index < -0.39 is 5.82 Å². The Morgan fingerprint density at radius 1 is 1.20 bits per heavy atom. The summed E-state index contributed by atoms with van der Waals surface area (Å²) in [5.41, 5.74) is 8.86. The van der Waals surface area contributed by atoms with Crippen LogP contribution in [0.1, 0.15) is 29.3 Å². The van der Waals surface area contributed by atoms with E-state index in [1.165, 1.54) is 24.3 Å². The number of fused-ring (bicyclic) bond motifs is 1. The molecule has 25 heavy (non-hydrogen) atoms. The van der Waals surface area contributed by atoms with Crippen LogP contribution < -0.4 is 10.6 Å². The van der Waals surface area contributed by atoms with Gasteiger partial charge >= 0.3 is 0 Å². The Labute approximate surface area is 145 Å². The highest BCUT2D eigenvalue weighted by Crippen LogP contribution is 2.31. The molecular formula is C19H18FN3O2. The highest BCUT2D eigenvalue weighted by Gasteiger charge is 2.22. The maximum Gasteiger partial charge on any atom is 0.223 e. The first-order valence-corrected chi connectivity index (χ1v) is 7.97. The minimum absolute atomic E-state index is 0.0133. The van der Waals surface area contributed by atoms with Crippen molar-refractivity contribution in [3.63, 3.8) is 0 Å². The van der Waals surface area contributed by atoms with E-state index in [0.717, 1.165) is 17.7 Å². The number of rotatable bonds is 4. The van der Waals surface area contributed by atoms with Crippen LogP contribution in [0.15, 0.2) is 47.5 Å². The summed E-state index contributed by atoms with van der Waals surface area (Å²) in [7, 11) is 0. The van der Waals surface area contributed by atoms with Crippen LogP contribution in [-0.4, -0.2) is 24.1 Å². The average Bonchev–Trinajstić information content (AvgIpc) is 2.98. The molecule has 0 spiro atoms. The highest BCUT2D eigenvalue weighted by atomic mass is 19.1. The van der Waals surface area contributed by atoms with Crippen LogP contribution >= 0.6 is 0 Å². The minimum atomic E-state index is -0.393. The van der Waals surface area contributed by atoms with Gasteiger partial charge in [-0.15, -0.1) is 0 Å². The quantitative estimate of drug-likeness (QED) is 0.528. The van der Waals surface area contributed by atoms with Crippen LogP contribution in [0.3, 0.4) is 0 Å². The Bertz CT molecular complexity index is 859. The Hall–Kier alpha value is -3.02. The van der Waals surface area contributed by atoms with Gasteiger partial charge in [0.15, 0.2) is 5.78 Å². The number of hydrogen-bond acceptors (Lipinski definition) is 3. The number of Topliss-reactive ketones (excluding diaryl/α,β-unsaturated/α-hetero) is 1. The molecule has 2 N–H and O–H groups in total. The van der Waals surface area contributed by atoms with Gasteiger partial charge in [0, 0.05) is 24.7 Å². The number of amides is 1. The fourth-order valence-corrected chi connectivity index (χ4v) is 2.89. The number of hydrogen-bond donors (Lipinski definition) is 1. The molecule has 5 nitrogen and oxygen atoms in total. The Morgan fingerprint density at radius 3 is 2.60 bits per heavy atom. The van der Waals surface area contributed by atoms with Crippen molar-refractivity contribution >= 4 is 28.9 Å². The molecule has 0 fully saturated rings. The van der Waals surface area contributed by atoms with E-state index in [4.69, 9.17) is 5.73 Å². The molecule has 128 valence electrons. The summed E-state index contributed by atoms with van der Waals surface area (Å²) in [5.74, 6) is -0.406. The fraction of sp³-hybridized carbons (Fsp3) is 0.211. The van der Waals surface area contributed by atoms with E-state index in [0.29, 0.717) is 17.8 Å². The maximum atomic E-state index is 12.9. The number of carbonyl (C=O) groups excluding carboxylic acids is 2. The zero-order valence-electron chi connectivity index (χ0n) is 13.8. The molecule has 6 heteroatoms. The molecule has 1 aliphatic rings. The number of carbonyl (C=O) groups is 2. The summed E-state index contributed by atoms with van der Waals surface area (Å²) in [4.78, 5) is 29.7. The maximum absolute atomic E-state index is 12.9. The number of benzene rings is 2. The zero-order chi connectivity index (χ0) is 18.0. The van der Waals surface area contributed by atoms with Crippen molar-refractivity contribution in [3.05, 3.63) is 59.4 Å². The third-order valence-electron chi connectivity index (χ3n) is 4.12. The first-order chi connectivity index (χ1) is 11.9. The molecule has 0 saturated carbocycles. The second-order valence-corrected chi connectivity index (χ2v) is 5.94. The minimum Gasteiger partial charge on any atom is -0.387 e. The van der Waals surface area contributed by atoms with Crippen molar-refractivity contribution in [3.8, 4) is 0 Å². The molecule has 0 radical (unpaired) electrons. The van der Waals surface area contributed by atoms with Crippen molar-refractivity contribution in [2.45, 2.75) is 19.8 Å². The Morgan fingerprint density at radius 2 is 1.92 bits per heavy atom.